The topological polar surface area (TPSA) is 68.0 Å². The molecule has 0 radical (unpaired) electrons. The van der Waals surface area contributed by atoms with Gasteiger partial charge in [0.1, 0.15) is 4.88 Å². The van der Waals surface area contributed by atoms with Gasteiger partial charge in [-0.15, -0.1) is 11.3 Å². The molecule has 0 aliphatic carbocycles. The summed E-state index contributed by atoms with van der Waals surface area (Å²) in [6.07, 6.45) is -3.72. The Morgan fingerprint density at radius 1 is 1.22 bits per heavy atom. The largest absolute Gasteiger partial charge is 0.417 e. The van der Waals surface area contributed by atoms with Crippen LogP contribution in [0.3, 0.4) is 0 Å². The minimum atomic E-state index is -4.49. The molecule has 4 nitrogen and oxygen atoms in total. The van der Waals surface area contributed by atoms with Gasteiger partial charge in [-0.1, -0.05) is 30.3 Å². The minimum Gasteiger partial charge on any atom is -0.289 e. The Labute approximate surface area is 132 Å². The summed E-state index contributed by atoms with van der Waals surface area (Å²) >= 11 is 0.927. The van der Waals surface area contributed by atoms with Crippen molar-refractivity contribution < 1.29 is 18.0 Å². The lowest BCUT2D eigenvalue weighted by atomic mass is 10.0. The fraction of sp³-hybridized carbons (Fsp3) is 0.0667. The summed E-state index contributed by atoms with van der Waals surface area (Å²) in [4.78, 5) is 16.1. The van der Waals surface area contributed by atoms with Gasteiger partial charge < -0.3 is 0 Å². The smallest absolute Gasteiger partial charge is 0.289 e. The molecule has 3 N–H and O–H groups in total. The zero-order valence-corrected chi connectivity index (χ0v) is 12.3. The lowest BCUT2D eigenvalue weighted by Crippen LogP contribution is -2.29. The van der Waals surface area contributed by atoms with E-state index in [1.165, 1.54) is 0 Å². The van der Waals surface area contributed by atoms with E-state index in [0.29, 0.717) is 16.6 Å². The number of alkyl halides is 3. The van der Waals surface area contributed by atoms with Crippen molar-refractivity contribution in [1.29, 1.82) is 0 Å². The monoisotopic (exact) mass is 337 g/mol. The lowest BCUT2D eigenvalue weighted by molar-refractivity contribution is -0.137. The average Bonchev–Trinajstić information content (AvgIpc) is 2.92. The summed E-state index contributed by atoms with van der Waals surface area (Å²) in [5.41, 5.74) is 2.66. The van der Waals surface area contributed by atoms with E-state index in [-0.39, 0.29) is 9.58 Å². The number of carbonyl (C=O) groups is 1. The fourth-order valence-corrected chi connectivity index (χ4v) is 3.36. The maximum Gasteiger partial charge on any atom is 0.417 e. The van der Waals surface area contributed by atoms with Gasteiger partial charge in [-0.3, -0.25) is 15.2 Å². The quantitative estimate of drug-likeness (QED) is 0.427. The van der Waals surface area contributed by atoms with Crippen LogP contribution < -0.4 is 11.3 Å². The van der Waals surface area contributed by atoms with Gasteiger partial charge in [0, 0.05) is 11.8 Å². The van der Waals surface area contributed by atoms with E-state index in [1.807, 2.05) is 5.43 Å². The summed E-state index contributed by atoms with van der Waals surface area (Å²) < 4.78 is 38.8. The molecule has 0 aliphatic heterocycles. The molecular formula is C15H10F3N3OS. The first-order valence-electron chi connectivity index (χ1n) is 6.48. The normalized spacial score (nSPS) is 11.7. The van der Waals surface area contributed by atoms with Crippen LogP contribution in [0.4, 0.5) is 13.2 Å². The predicted molar refractivity (Wildman–Crippen MR) is 81.7 cm³/mol. The van der Waals surface area contributed by atoms with Crippen LogP contribution in [0.5, 0.6) is 0 Å². The number of thiophene rings is 1. The molecule has 8 heteroatoms. The number of aromatic nitrogens is 1. The molecule has 2 aromatic heterocycles. The number of nitrogens with two attached hydrogens (primary N) is 1. The SMILES string of the molecule is NNC(=O)c1sc2cc(C(F)(F)F)cnc2c1-c1ccccc1. The number of benzene rings is 1. The van der Waals surface area contributed by atoms with Crippen LogP contribution in [-0.2, 0) is 6.18 Å². The minimum absolute atomic E-state index is 0.223. The third-order valence-electron chi connectivity index (χ3n) is 3.26. The third kappa shape index (κ3) is 2.78. The molecule has 0 saturated carbocycles. The van der Waals surface area contributed by atoms with Crippen LogP contribution in [0.25, 0.3) is 21.3 Å². The van der Waals surface area contributed by atoms with Crippen molar-refractivity contribution in [2.24, 2.45) is 5.84 Å². The molecule has 2 heterocycles. The van der Waals surface area contributed by atoms with E-state index in [1.54, 1.807) is 30.3 Å². The number of rotatable bonds is 2. The Hall–Kier alpha value is -2.45. The van der Waals surface area contributed by atoms with E-state index >= 15 is 0 Å². The summed E-state index contributed by atoms with van der Waals surface area (Å²) in [5, 5.41) is 0. The summed E-state index contributed by atoms with van der Waals surface area (Å²) in [5.74, 6) is 4.61. The number of pyridine rings is 1. The first-order chi connectivity index (χ1) is 10.9. The molecule has 0 unspecified atom stereocenters. The molecule has 0 atom stereocenters. The third-order valence-corrected chi connectivity index (χ3v) is 4.38. The van der Waals surface area contributed by atoms with Gasteiger partial charge in [-0.05, 0) is 11.6 Å². The van der Waals surface area contributed by atoms with Crippen molar-refractivity contribution >= 4 is 27.5 Å². The number of nitrogen functional groups attached to an aromatic ring is 1. The van der Waals surface area contributed by atoms with E-state index in [9.17, 15) is 18.0 Å². The molecule has 3 aromatic rings. The molecule has 118 valence electrons. The van der Waals surface area contributed by atoms with Crippen molar-refractivity contribution in [3.63, 3.8) is 0 Å². The lowest BCUT2D eigenvalue weighted by Gasteiger charge is -2.06. The average molecular weight is 337 g/mol. The number of fused-ring (bicyclic) bond motifs is 1. The van der Waals surface area contributed by atoms with Gasteiger partial charge in [0.05, 0.1) is 15.8 Å². The maximum absolute atomic E-state index is 12.8. The summed E-state index contributed by atoms with van der Waals surface area (Å²) in [6, 6.07) is 9.85. The first kappa shape index (κ1) is 15.4. The number of nitrogens with one attached hydrogen (secondary N) is 1. The Bertz CT molecular complexity index is 875. The number of amides is 1. The van der Waals surface area contributed by atoms with Gasteiger partial charge >= 0.3 is 6.18 Å². The standard InChI is InChI=1S/C15H10F3N3OS/c16-15(17,18)9-6-10-12(20-7-9)11(8-4-2-1-3-5-8)13(23-10)14(22)21-19/h1-7H,19H2,(H,21,22). The number of hydrazine groups is 1. The molecule has 1 aromatic carbocycles. The predicted octanol–water partition coefficient (Wildman–Crippen LogP) is 3.59. The molecule has 0 bridgehead atoms. The summed E-state index contributed by atoms with van der Waals surface area (Å²) in [7, 11) is 0. The number of hydrogen-bond acceptors (Lipinski definition) is 4. The molecule has 0 aliphatic rings. The highest BCUT2D eigenvalue weighted by atomic mass is 32.1. The number of nitrogens with zero attached hydrogens (tertiary/aromatic N) is 1. The van der Waals surface area contributed by atoms with Gasteiger partial charge in [-0.2, -0.15) is 13.2 Å². The Kier molecular flexibility index (Phi) is 3.78. The van der Waals surface area contributed by atoms with Crippen molar-refractivity contribution in [2.75, 3.05) is 0 Å². The van der Waals surface area contributed by atoms with Crippen LogP contribution in [-0.4, -0.2) is 10.9 Å². The summed E-state index contributed by atoms with van der Waals surface area (Å²) in [6.45, 7) is 0. The highest BCUT2D eigenvalue weighted by molar-refractivity contribution is 7.21. The number of halogens is 3. The van der Waals surface area contributed by atoms with Crippen LogP contribution in [0, 0.1) is 0 Å². The molecule has 1 amide bonds. The zero-order valence-electron chi connectivity index (χ0n) is 11.5. The van der Waals surface area contributed by atoms with Crippen LogP contribution in [0.2, 0.25) is 0 Å². The van der Waals surface area contributed by atoms with Gasteiger partial charge in [0.2, 0.25) is 0 Å². The molecule has 0 fully saturated rings. The highest BCUT2D eigenvalue weighted by Crippen LogP contribution is 2.40. The van der Waals surface area contributed by atoms with Gasteiger partial charge in [-0.25, -0.2) is 5.84 Å². The van der Waals surface area contributed by atoms with Crippen LogP contribution in [0.15, 0.2) is 42.6 Å². The zero-order chi connectivity index (χ0) is 16.6. The highest BCUT2D eigenvalue weighted by Gasteiger charge is 2.32. The van der Waals surface area contributed by atoms with E-state index in [2.05, 4.69) is 4.98 Å². The molecule has 0 saturated heterocycles. The number of hydrogen-bond donors (Lipinski definition) is 2. The second kappa shape index (κ2) is 5.64. The molecular weight excluding hydrogens is 327 g/mol. The number of carbonyl (C=O) groups excluding carboxylic acids is 1. The van der Waals surface area contributed by atoms with Crippen LogP contribution in [0.1, 0.15) is 15.2 Å². The molecule has 23 heavy (non-hydrogen) atoms. The maximum atomic E-state index is 12.8. The van der Waals surface area contributed by atoms with E-state index in [0.717, 1.165) is 23.6 Å². The van der Waals surface area contributed by atoms with Crippen molar-refractivity contribution in [1.82, 2.24) is 10.4 Å². The molecule has 3 rings (SSSR count). The second-order valence-corrected chi connectivity index (χ2v) is 5.77. The first-order valence-corrected chi connectivity index (χ1v) is 7.29. The van der Waals surface area contributed by atoms with Gasteiger partial charge in [0.15, 0.2) is 0 Å². The Morgan fingerprint density at radius 3 is 2.52 bits per heavy atom. The fourth-order valence-electron chi connectivity index (χ4n) is 2.23. The second-order valence-electron chi connectivity index (χ2n) is 4.71. The van der Waals surface area contributed by atoms with Gasteiger partial charge in [0.25, 0.3) is 5.91 Å². The van der Waals surface area contributed by atoms with Crippen molar-refractivity contribution in [3.05, 3.63) is 53.0 Å². The van der Waals surface area contributed by atoms with Crippen LogP contribution >= 0.6 is 11.3 Å². The Morgan fingerprint density at radius 2 is 1.91 bits per heavy atom. The van der Waals surface area contributed by atoms with E-state index in [4.69, 9.17) is 5.84 Å². The van der Waals surface area contributed by atoms with Crippen molar-refractivity contribution in [3.8, 4) is 11.1 Å². The Balaban J connectivity index is 2.30. The van der Waals surface area contributed by atoms with Crippen molar-refractivity contribution in [2.45, 2.75) is 6.18 Å². The molecule has 0 spiro atoms. The van der Waals surface area contributed by atoms with E-state index < -0.39 is 17.6 Å².